The summed E-state index contributed by atoms with van der Waals surface area (Å²) in [5.41, 5.74) is 6.92. The summed E-state index contributed by atoms with van der Waals surface area (Å²) in [6.07, 6.45) is 9.46. The molecule has 2 heterocycles. The van der Waals surface area contributed by atoms with E-state index in [4.69, 9.17) is 16.3 Å². The Labute approximate surface area is 221 Å². The molecular weight excluding hydrogens is 496 g/mol. The van der Waals surface area contributed by atoms with Crippen LogP contribution in [-0.4, -0.2) is 41.5 Å². The number of benzene rings is 2. The SMILES string of the molecule is Clc1cc(CCCN2CCCC2)ccc1OC1CC1.NC(=O)C(F)(F)c1ccc(-c2ccccn2)cc1. The summed E-state index contributed by atoms with van der Waals surface area (Å²) in [4.78, 5) is 17.3. The maximum Gasteiger partial charge on any atom is 0.349 e. The predicted octanol–water partition coefficient (Wildman–Crippen LogP) is 6.24. The molecule has 1 aromatic heterocycles. The van der Waals surface area contributed by atoms with Crippen molar-refractivity contribution in [2.45, 2.75) is 50.6 Å². The zero-order chi connectivity index (χ0) is 26.3. The number of hydrogen-bond donors (Lipinski definition) is 1. The van der Waals surface area contributed by atoms with Crippen molar-refractivity contribution >= 4 is 17.5 Å². The van der Waals surface area contributed by atoms with Crippen LogP contribution in [0.3, 0.4) is 0 Å². The van der Waals surface area contributed by atoms with Crippen LogP contribution in [0.4, 0.5) is 8.78 Å². The number of halogens is 3. The van der Waals surface area contributed by atoms with Crippen molar-refractivity contribution in [2.24, 2.45) is 5.73 Å². The highest BCUT2D eigenvalue weighted by molar-refractivity contribution is 6.32. The number of primary amides is 1. The average molecular weight is 528 g/mol. The molecule has 0 radical (unpaired) electrons. The molecule has 2 aromatic carbocycles. The second kappa shape index (κ2) is 12.5. The summed E-state index contributed by atoms with van der Waals surface area (Å²) in [7, 11) is 0. The Morgan fingerprint density at radius 1 is 1.08 bits per heavy atom. The zero-order valence-electron chi connectivity index (χ0n) is 20.7. The molecule has 0 atom stereocenters. The van der Waals surface area contributed by atoms with Gasteiger partial charge in [0.25, 0.3) is 5.91 Å². The van der Waals surface area contributed by atoms with Crippen molar-refractivity contribution in [2.75, 3.05) is 19.6 Å². The Morgan fingerprint density at radius 2 is 1.81 bits per heavy atom. The topological polar surface area (TPSA) is 68.5 Å². The van der Waals surface area contributed by atoms with E-state index in [2.05, 4.69) is 27.8 Å². The molecule has 196 valence electrons. The molecule has 2 fully saturated rings. The van der Waals surface area contributed by atoms with E-state index in [9.17, 15) is 13.6 Å². The van der Waals surface area contributed by atoms with E-state index < -0.39 is 17.4 Å². The first-order valence-electron chi connectivity index (χ1n) is 12.7. The molecule has 1 saturated heterocycles. The number of carbonyl (C=O) groups excluding carboxylic acids is 1. The largest absolute Gasteiger partial charge is 0.489 e. The molecule has 1 amide bonds. The van der Waals surface area contributed by atoms with Crippen LogP contribution >= 0.6 is 11.6 Å². The second-order valence-electron chi connectivity index (χ2n) is 9.47. The van der Waals surface area contributed by atoms with Crippen LogP contribution in [0.2, 0.25) is 5.02 Å². The standard InChI is InChI=1S/C16H22ClNO.C13H10F2N2O/c17-15-12-13(4-3-11-18-9-1-2-10-18)5-8-16(15)19-14-6-7-14;14-13(15,12(16)18)10-6-4-9(5-7-10)11-3-1-2-8-17-11/h5,8,12,14H,1-4,6-7,9-11H2;1-8H,(H2,16,18). The first-order valence-corrected chi connectivity index (χ1v) is 13.1. The number of rotatable bonds is 9. The van der Waals surface area contributed by atoms with Crippen LogP contribution in [0, 0.1) is 0 Å². The van der Waals surface area contributed by atoms with Gasteiger partial charge in [-0.3, -0.25) is 9.78 Å². The van der Waals surface area contributed by atoms with Crippen LogP contribution in [0.25, 0.3) is 11.3 Å². The van der Waals surface area contributed by atoms with Gasteiger partial charge in [-0.1, -0.05) is 48.0 Å². The maximum absolute atomic E-state index is 13.3. The van der Waals surface area contributed by atoms with Gasteiger partial charge in [-0.2, -0.15) is 8.78 Å². The molecule has 1 aliphatic carbocycles. The summed E-state index contributed by atoms with van der Waals surface area (Å²) in [6, 6.07) is 16.9. The Hall–Kier alpha value is -3.03. The Bertz CT molecular complexity index is 1170. The number of carbonyl (C=O) groups is 1. The average Bonchev–Trinajstić information content (AvgIpc) is 3.57. The summed E-state index contributed by atoms with van der Waals surface area (Å²) in [5.74, 6) is -4.46. The molecule has 8 heteroatoms. The fourth-order valence-corrected chi connectivity index (χ4v) is 4.45. The quantitative estimate of drug-likeness (QED) is 0.358. The minimum atomic E-state index is -3.65. The molecule has 5 nitrogen and oxygen atoms in total. The first-order chi connectivity index (χ1) is 17.8. The van der Waals surface area contributed by atoms with Crippen molar-refractivity contribution in [3.63, 3.8) is 0 Å². The van der Waals surface area contributed by atoms with Gasteiger partial charge in [0.15, 0.2) is 0 Å². The smallest absolute Gasteiger partial charge is 0.349 e. The van der Waals surface area contributed by atoms with E-state index in [-0.39, 0.29) is 0 Å². The lowest BCUT2D eigenvalue weighted by molar-refractivity contribution is -0.143. The van der Waals surface area contributed by atoms with E-state index in [1.54, 1.807) is 24.4 Å². The first kappa shape index (κ1) is 27.0. The number of pyridine rings is 1. The monoisotopic (exact) mass is 527 g/mol. The third-order valence-corrected chi connectivity index (χ3v) is 6.77. The highest BCUT2D eigenvalue weighted by Gasteiger charge is 2.38. The van der Waals surface area contributed by atoms with E-state index >= 15 is 0 Å². The third-order valence-electron chi connectivity index (χ3n) is 6.47. The number of nitrogens with zero attached hydrogens (tertiary/aromatic N) is 2. The second-order valence-corrected chi connectivity index (χ2v) is 9.87. The molecule has 0 bridgehead atoms. The molecule has 2 aliphatic rings. The van der Waals surface area contributed by atoms with Crippen LogP contribution < -0.4 is 10.5 Å². The van der Waals surface area contributed by atoms with Crippen molar-refractivity contribution in [1.29, 1.82) is 0 Å². The highest BCUT2D eigenvalue weighted by atomic mass is 35.5. The number of nitrogens with two attached hydrogens (primary N) is 1. The molecule has 5 rings (SSSR count). The molecular formula is C29H32ClF2N3O2. The molecule has 0 spiro atoms. The lowest BCUT2D eigenvalue weighted by Crippen LogP contribution is -2.32. The number of aromatic nitrogens is 1. The minimum Gasteiger partial charge on any atom is -0.489 e. The predicted molar refractivity (Wildman–Crippen MR) is 142 cm³/mol. The zero-order valence-corrected chi connectivity index (χ0v) is 21.5. The van der Waals surface area contributed by atoms with Crippen molar-refractivity contribution in [1.82, 2.24) is 9.88 Å². The Balaban J connectivity index is 0.000000173. The minimum absolute atomic E-state index is 0.415. The van der Waals surface area contributed by atoms with Gasteiger partial charge >= 0.3 is 5.92 Å². The van der Waals surface area contributed by atoms with Crippen LogP contribution in [0.15, 0.2) is 66.9 Å². The lowest BCUT2D eigenvalue weighted by Gasteiger charge is -2.14. The Morgan fingerprint density at radius 3 is 2.41 bits per heavy atom. The van der Waals surface area contributed by atoms with E-state index in [0.717, 1.165) is 17.2 Å². The Kier molecular flexibility index (Phi) is 9.11. The summed E-state index contributed by atoms with van der Waals surface area (Å²) in [6.45, 7) is 3.79. The normalized spacial score (nSPS) is 15.6. The van der Waals surface area contributed by atoms with Gasteiger partial charge < -0.3 is 15.4 Å². The van der Waals surface area contributed by atoms with Crippen LogP contribution in [0.1, 0.15) is 43.2 Å². The molecule has 3 aromatic rings. The van der Waals surface area contributed by atoms with E-state index in [1.165, 1.54) is 81.6 Å². The number of likely N-dealkylation sites (tertiary alicyclic amines) is 1. The number of aryl methyl sites for hydroxylation is 1. The van der Waals surface area contributed by atoms with Crippen molar-refractivity contribution in [3.8, 4) is 17.0 Å². The molecule has 1 aliphatic heterocycles. The fraction of sp³-hybridized carbons (Fsp3) is 0.379. The van der Waals surface area contributed by atoms with E-state index in [1.807, 2.05) is 6.07 Å². The fourth-order valence-electron chi connectivity index (χ4n) is 4.20. The number of amides is 1. The molecule has 37 heavy (non-hydrogen) atoms. The maximum atomic E-state index is 13.3. The van der Waals surface area contributed by atoms with Gasteiger partial charge in [0.1, 0.15) is 5.75 Å². The van der Waals surface area contributed by atoms with Gasteiger partial charge in [0, 0.05) is 17.3 Å². The molecule has 0 unspecified atom stereocenters. The van der Waals surface area contributed by atoms with Gasteiger partial charge in [0.05, 0.1) is 16.8 Å². The highest BCUT2D eigenvalue weighted by Crippen LogP contribution is 2.33. The molecule has 2 N–H and O–H groups in total. The van der Waals surface area contributed by atoms with E-state index in [0.29, 0.717) is 17.4 Å². The summed E-state index contributed by atoms with van der Waals surface area (Å²) < 4.78 is 32.4. The summed E-state index contributed by atoms with van der Waals surface area (Å²) >= 11 is 6.27. The summed E-state index contributed by atoms with van der Waals surface area (Å²) in [5, 5.41) is 0.769. The van der Waals surface area contributed by atoms with Crippen molar-refractivity contribution in [3.05, 3.63) is 83.0 Å². The number of ether oxygens (including phenoxy) is 1. The molecule has 1 saturated carbocycles. The van der Waals surface area contributed by atoms with Crippen LogP contribution in [0.5, 0.6) is 5.75 Å². The van der Waals surface area contributed by atoms with Gasteiger partial charge in [0.2, 0.25) is 0 Å². The number of hydrogen-bond acceptors (Lipinski definition) is 4. The number of alkyl halides is 2. The van der Waals surface area contributed by atoms with Crippen LogP contribution in [-0.2, 0) is 17.1 Å². The van der Waals surface area contributed by atoms with Gasteiger partial charge in [-0.25, -0.2) is 0 Å². The van der Waals surface area contributed by atoms with Gasteiger partial charge in [-0.05, 0) is 88.0 Å². The van der Waals surface area contributed by atoms with Crippen molar-refractivity contribution < 1.29 is 18.3 Å². The van der Waals surface area contributed by atoms with Gasteiger partial charge in [-0.15, -0.1) is 0 Å². The third kappa shape index (κ3) is 7.73. The lowest BCUT2D eigenvalue weighted by atomic mass is 10.0.